The number of hydrogen-bond acceptors (Lipinski definition) is 0. The molecule has 0 amide bonds. The molecule has 0 aromatic rings. The zero-order chi connectivity index (χ0) is 2.99. The van der Waals surface area contributed by atoms with Gasteiger partial charge in [0.2, 0.25) is 5.38 Å². The molecule has 4 heavy (non-hydrogen) atoms. The van der Waals surface area contributed by atoms with Crippen molar-refractivity contribution in [3.63, 3.8) is 0 Å². The van der Waals surface area contributed by atoms with Crippen LogP contribution in [0.1, 0.15) is 12.8 Å². The second kappa shape index (κ2) is 0.554. The van der Waals surface area contributed by atoms with Gasteiger partial charge in [0.1, 0.15) is 11.6 Å². The Hall–Kier alpha value is 0.160. The molecular formula is C3H4Cl+. The summed E-state index contributed by atoms with van der Waals surface area (Å²) in [6, 6.07) is 0. The Morgan fingerprint density at radius 1 is 1.50 bits per heavy atom. The van der Waals surface area contributed by atoms with Crippen LogP contribution < -0.4 is 0 Å². The molecule has 22 valence electrons. The fourth-order valence-electron chi connectivity index (χ4n) is 0.0472. The Labute approximate surface area is 30.8 Å². The Bertz CT molecular complexity index is 22.5. The zero-order valence-corrected chi connectivity index (χ0v) is 3.05. The predicted octanol–water partition coefficient (Wildman–Crippen LogP) is 1.55. The highest BCUT2D eigenvalue weighted by Gasteiger charge is 2.34. The third kappa shape index (κ3) is 0.291. The van der Waals surface area contributed by atoms with Crippen molar-refractivity contribution in [1.82, 2.24) is 0 Å². The first-order valence-corrected chi connectivity index (χ1v) is 1.77. The summed E-state index contributed by atoms with van der Waals surface area (Å²) >= 11 is 5.30. The molecule has 0 saturated heterocycles. The van der Waals surface area contributed by atoms with Gasteiger partial charge in [-0.25, -0.2) is 0 Å². The van der Waals surface area contributed by atoms with Crippen molar-refractivity contribution in [2.24, 2.45) is 0 Å². The third-order valence-corrected chi connectivity index (χ3v) is 0.817. The molecule has 0 unspecified atom stereocenters. The minimum absolute atomic E-state index is 1.14. The number of halogens is 1. The molecule has 1 saturated carbocycles. The monoisotopic (exact) mass is 75.0 g/mol. The van der Waals surface area contributed by atoms with Crippen LogP contribution in [0.2, 0.25) is 0 Å². The highest BCUT2D eigenvalue weighted by atomic mass is 35.5. The second-order valence-corrected chi connectivity index (χ2v) is 1.55. The van der Waals surface area contributed by atoms with E-state index in [2.05, 4.69) is 0 Å². The molecule has 1 aliphatic carbocycles. The van der Waals surface area contributed by atoms with Crippen LogP contribution in [0.15, 0.2) is 0 Å². The highest BCUT2D eigenvalue weighted by Crippen LogP contribution is 2.35. The first-order chi connectivity index (χ1) is 1.89. The molecule has 0 aliphatic heterocycles. The number of hydrogen-bond donors (Lipinski definition) is 0. The molecule has 1 fully saturated rings. The first-order valence-electron chi connectivity index (χ1n) is 1.40. The van der Waals surface area contributed by atoms with Crippen molar-refractivity contribution in [3.8, 4) is 0 Å². The summed E-state index contributed by atoms with van der Waals surface area (Å²) in [5.74, 6) is 0. The van der Waals surface area contributed by atoms with Crippen LogP contribution in [-0.4, -0.2) is 0 Å². The fourth-order valence-corrected chi connectivity index (χ4v) is 0.142. The molecule has 0 spiro atoms. The van der Waals surface area contributed by atoms with Crippen LogP contribution in [0.3, 0.4) is 0 Å². The summed E-state index contributed by atoms with van der Waals surface area (Å²) in [6.07, 6.45) is 2.34. The van der Waals surface area contributed by atoms with E-state index in [1.165, 1.54) is 12.8 Å². The molecule has 1 heteroatoms. The van der Waals surface area contributed by atoms with Gasteiger partial charge >= 0.3 is 0 Å². The Kier molecular flexibility index (Phi) is 0.332. The van der Waals surface area contributed by atoms with Gasteiger partial charge in [0.05, 0.1) is 0 Å². The summed E-state index contributed by atoms with van der Waals surface area (Å²) in [5.41, 5.74) is 0. The maximum absolute atomic E-state index is 5.30. The quantitative estimate of drug-likeness (QED) is 0.383. The normalized spacial score (nSPS) is 21.8. The Morgan fingerprint density at radius 2 is 1.75 bits per heavy atom. The van der Waals surface area contributed by atoms with Gasteiger partial charge in [-0.05, 0) is 0 Å². The maximum atomic E-state index is 5.30. The summed E-state index contributed by atoms with van der Waals surface area (Å²) in [5, 5.41) is 1.14. The van der Waals surface area contributed by atoms with Gasteiger partial charge in [-0.1, -0.05) is 0 Å². The molecule has 0 heterocycles. The Balaban J connectivity index is 2.17. The van der Waals surface area contributed by atoms with Gasteiger partial charge in [0.25, 0.3) is 0 Å². The molecule has 0 aromatic carbocycles. The van der Waals surface area contributed by atoms with E-state index in [1.807, 2.05) is 0 Å². The van der Waals surface area contributed by atoms with E-state index in [0.29, 0.717) is 0 Å². The van der Waals surface area contributed by atoms with Crippen LogP contribution in [0.5, 0.6) is 0 Å². The lowest BCUT2D eigenvalue weighted by molar-refractivity contribution is 1.50. The smallest absolute Gasteiger partial charge is 0.145 e. The van der Waals surface area contributed by atoms with Crippen LogP contribution in [0, 0.1) is 5.38 Å². The molecule has 0 radical (unpaired) electrons. The van der Waals surface area contributed by atoms with Gasteiger partial charge in [-0.2, -0.15) is 0 Å². The van der Waals surface area contributed by atoms with Crippen molar-refractivity contribution in [3.05, 3.63) is 5.38 Å². The van der Waals surface area contributed by atoms with Crippen molar-refractivity contribution in [2.75, 3.05) is 0 Å². The largest absolute Gasteiger partial charge is 0.208 e. The highest BCUT2D eigenvalue weighted by molar-refractivity contribution is 6.28. The van der Waals surface area contributed by atoms with E-state index >= 15 is 0 Å². The fraction of sp³-hybridized carbons (Fsp3) is 0.667. The van der Waals surface area contributed by atoms with E-state index in [1.54, 1.807) is 0 Å². The first kappa shape index (κ1) is 2.40. The second-order valence-electron chi connectivity index (χ2n) is 1.02. The van der Waals surface area contributed by atoms with E-state index in [0.717, 1.165) is 5.38 Å². The van der Waals surface area contributed by atoms with E-state index in [4.69, 9.17) is 11.6 Å². The molecule has 0 N–H and O–H groups in total. The van der Waals surface area contributed by atoms with Gasteiger partial charge in [-0.3, -0.25) is 0 Å². The average Bonchev–Trinajstić information content (AvgIpc) is 1.75. The predicted molar refractivity (Wildman–Crippen MR) is 18.3 cm³/mol. The topological polar surface area (TPSA) is 0 Å². The van der Waals surface area contributed by atoms with Gasteiger partial charge < -0.3 is 0 Å². The van der Waals surface area contributed by atoms with E-state index < -0.39 is 0 Å². The molecule has 0 atom stereocenters. The summed E-state index contributed by atoms with van der Waals surface area (Å²) in [6.45, 7) is 0. The van der Waals surface area contributed by atoms with Gasteiger partial charge in [0.15, 0.2) is 12.8 Å². The average molecular weight is 75.5 g/mol. The van der Waals surface area contributed by atoms with Crippen LogP contribution in [-0.2, 0) is 0 Å². The van der Waals surface area contributed by atoms with Gasteiger partial charge in [-0.15, -0.1) is 0 Å². The molecule has 1 aliphatic rings. The zero-order valence-electron chi connectivity index (χ0n) is 2.29. The summed E-state index contributed by atoms with van der Waals surface area (Å²) in [4.78, 5) is 0. The molecule has 0 bridgehead atoms. The molecule has 0 aromatic heterocycles. The minimum Gasteiger partial charge on any atom is 0.145 e. The van der Waals surface area contributed by atoms with Crippen molar-refractivity contribution in [1.29, 1.82) is 0 Å². The SMILES string of the molecule is Cl[C+]1CC1. The standard InChI is InChI=1S/C3H4Cl/c4-3-1-2-3/h1-2H2/q+1. The number of rotatable bonds is 0. The third-order valence-electron chi connectivity index (χ3n) is 0.439. The summed E-state index contributed by atoms with van der Waals surface area (Å²) < 4.78 is 0. The molecule has 0 nitrogen and oxygen atoms in total. The lowest BCUT2D eigenvalue weighted by Gasteiger charge is -1.30. The van der Waals surface area contributed by atoms with Crippen LogP contribution in [0.25, 0.3) is 0 Å². The Morgan fingerprint density at radius 3 is 1.75 bits per heavy atom. The van der Waals surface area contributed by atoms with Crippen molar-refractivity contribution < 1.29 is 0 Å². The maximum Gasteiger partial charge on any atom is 0.208 e. The van der Waals surface area contributed by atoms with Crippen molar-refractivity contribution in [2.45, 2.75) is 12.8 Å². The van der Waals surface area contributed by atoms with Crippen LogP contribution >= 0.6 is 11.6 Å². The van der Waals surface area contributed by atoms with E-state index in [9.17, 15) is 0 Å². The van der Waals surface area contributed by atoms with Gasteiger partial charge in [0, 0.05) is 0 Å². The summed E-state index contributed by atoms with van der Waals surface area (Å²) in [7, 11) is 0. The van der Waals surface area contributed by atoms with Crippen molar-refractivity contribution >= 4 is 11.6 Å². The lowest BCUT2D eigenvalue weighted by atomic mass is 11.0. The molecular weight excluding hydrogens is 71.5 g/mol. The lowest BCUT2D eigenvalue weighted by Crippen LogP contribution is -1.26. The van der Waals surface area contributed by atoms with Crippen LogP contribution in [0.4, 0.5) is 0 Å². The van der Waals surface area contributed by atoms with E-state index in [-0.39, 0.29) is 0 Å². The molecule has 1 rings (SSSR count). The minimum atomic E-state index is 1.14.